The van der Waals surface area contributed by atoms with E-state index in [-0.39, 0.29) is 26.2 Å². The van der Waals surface area contributed by atoms with Gasteiger partial charge in [-0.15, -0.1) is 12.8 Å². The Morgan fingerprint density at radius 3 is 1.20 bits per heavy atom. The third kappa shape index (κ3) is 20.0. The SMILES string of the molecule is CO.CO.[C-]1=CC=CC1.[C-]1=CC=CC1.[Zr+2]. The van der Waals surface area contributed by atoms with Crippen LogP contribution >= 0.6 is 0 Å². The molecule has 2 rings (SSSR count). The zero-order valence-corrected chi connectivity index (χ0v) is 11.7. The fraction of sp³-hybridized carbons (Fsp3) is 0.333. The van der Waals surface area contributed by atoms with Gasteiger partial charge in [0.2, 0.25) is 0 Å². The van der Waals surface area contributed by atoms with E-state index in [1.165, 1.54) is 0 Å². The fourth-order valence-corrected chi connectivity index (χ4v) is 0.680. The van der Waals surface area contributed by atoms with Gasteiger partial charge in [0.25, 0.3) is 0 Å². The molecule has 15 heavy (non-hydrogen) atoms. The standard InChI is InChI=1S/2C5H5.2CH4O.Zr/c2*1-2-4-5-3-1;2*1-2;/h2*1-3H,4H2;2*2H,1H3;/q2*-1;;;+2. The summed E-state index contributed by atoms with van der Waals surface area (Å²) in [4.78, 5) is 0. The minimum absolute atomic E-state index is 0. The van der Waals surface area contributed by atoms with Crippen LogP contribution in [0, 0.1) is 12.2 Å². The van der Waals surface area contributed by atoms with Gasteiger partial charge in [-0.3, -0.25) is 12.2 Å². The van der Waals surface area contributed by atoms with E-state index in [2.05, 4.69) is 24.3 Å². The number of hydrogen-bond donors (Lipinski definition) is 2. The Labute approximate surface area is 112 Å². The first-order chi connectivity index (χ1) is 7.00. The van der Waals surface area contributed by atoms with Gasteiger partial charge in [0.1, 0.15) is 0 Å². The first-order valence-corrected chi connectivity index (χ1v) is 4.33. The second kappa shape index (κ2) is 23.5. The Morgan fingerprint density at radius 2 is 1.13 bits per heavy atom. The van der Waals surface area contributed by atoms with E-state index in [0.717, 1.165) is 27.1 Å². The van der Waals surface area contributed by atoms with Gasteiger partial charge >= 0.3 is 26.2 Å². The first kappa shape index (κ1) is 20.2. The van der Waals surface area contributed by atoms with Gasteiger partial charge in [-0.05, 0) is 0 Å². The smallest absolute Gasteiger partial charge is 0.400 e. The van der Waals surface area contributed by atoms with Crippen LogP contribution in [-0.2, 0) is 26.2 Å². The Hall–Kier alpha value is -0.237. The summed E-state index contributed by atoms with van der Waals surface area (Å²) in [5.41, 5.74) is 0. The molecule has 0 bridgehead atoms. The average Bonchev–Trinajstić information content (AvgIpc) is 3.01. The molecule has 0 saturated heterocycles. The van der Waals surface area contributed by atoms with Gasteiger partial charge in [-0.1, -0.05) is 0 Å². The molecule has 0 heterocycles. The quantitative estimate of drug-likeness (QED) is 0.667. The maximum Gasteiger partial charge on any atom is 2.00 e. The predicted molar refractivity (Wildman–Crippen MR) is 59.4 cm³/mol. The van der Waals surface area contributed by atoms with Crippen molar-refractivity contribution in [2.45, 2.75) is 12.8 Å². The van der Waals surface area contributed by atoms with Crippen molar-refractivity contribution in [1.82, 2.24) is 0 Å². The molecule has 0 radical (unpaired) electrons. The third-order valence-corrected chi connectivity index (χ3v) is 1.17. The number of aliphatic hydroxyl groups excluding tert-OH is 2. The minimum atomic E-state index is 0. The first-order valence-electron chi connectivity index (χ1n) is 4.33. The summed E-state index contributed by atoms with van der Waals surface area (Å²) in [6.45, 7) is 0. The van der Waals surface area contributed by atoms with Gasteiger partial charge in [0.05, 0.1) is 0 Å². The van der Waals surface area contributed by atoms with E-state index in [1.54, 1.807) is 0 Å². The molecule has 0 aromatic carbocycles. The monoisotopic (exact) mass is 284 g/mol. The summed E-state index contributed by atoms with van der Waals surface area (Å²) >= 11 is 0. The third-order valence-electron chi connectivity index (χ3n) is 1.17. The molecule has 0 spiro atoms. The second-order valence-electron chi connectivity index (χ2n) is 2.01. The maximum atomic E-state index is 7.00. The second-order valence-corrected chi connectivity index (χ2v) is 2.01. The summed E-state index contributed by atoms with van der Waals surface area (Å²) in [6.07, 6.45) is 20.0. The van der Waals surface area contributed by atoms with Crippen molar-refractivity contribution in [3.8, 4) is 0 Å². The van der Waals surface area contributed by atoms with E-state index < -0.39 is 0 Å². The molecule has 0 saturated carbocycles. The molecule has 0 amide bonds. The van der Waals surface area contributed by atoms with Crippen molar-refractivity contribution < 1.29 is 36.4 Å². The summed E-state index contributed by atoms with van der Waals surface area (Å²) in [6, 6.07) is 0. The largest absolute Gasteiger partial charge is 2.00 e. The molecule has 3 heteroatoms. The molecule has 2 aliphatic rings. The van der Waals surface area contributed by atoms with Gasteiger partial charge in [-0.25, -0.2) is 24.3 Å². The summed E-state index contributed by atoms with van der Waals surface area (Å²) < 4.78 is 0. The van der Waals surface area contributed by atoms with Gasteiger partial charge in [0, 0.05) is 14.2 Å². The Balaban J connectivity index is -0.000000138. The van der Waals surface area contributed by atoms with Crippen molar-refractivity contribution in [3.05, 3.63) is 48.6 Å². The van der Waals surface area contributed by atoms with Crippen molar-refractivity contribution in [2.24, 2.45) is 0 Å². The van der Waals surface area contributed by atoms with Gasteiger partial charge in [0.15, 0.2) is 0 Å². The van der Waals surface area contributed by atoms with Crippen LogP contribution in [0.1, 0.15) is 12.8 Å². The number of aliphatic hydroxyl groups is 2. The van der Waals surface area contributed by atoms with E-state index in [9.17, 15) is 0 Å². The number of hydrogen-bond acceptors (Lipinski definition) is 2. The van der Waals surface area contributed by atoms with E-state index >= 15 is 0 Å². The van der Waals surface area contributed by atoms with E-state index in [4.69, 9.17) is 10.2 Å². The summed E-state index contributed by atoms with van der Waals surface area (Å²) in [5, 5.41) is 14.0. The molecule has 0 aromatic rings. The van der Waals surface area contributed by atoms with Crippen LogP contribution in [0.15, 0.2) is 36.5 Å². The molecule has 0 atom stereocenters. The summed E-state index contributed by atoms with van der Waals surface area (Å²) in [7, 11) is 2.00. The Morgan fingerprint density at radius 1 is 0.800 bits per heavy atom. The van der Waals surface area contributed by atoms with Gasteiger partial charge in [-0.2, -0.15) is 12.2 Å². The molecule has 82 valence electrons. The maximum absolute atomic E-state index is 7.00. The molecular weight excluding hydrogens is 267 g/mol. The normalized spacial score (nSPS) is 12.5. The van der Waals surface area contributed by atoms with E-state index in [1.807, 2.05) is 24.3 Å². The van der Waals surface area contributed by atoms with Crippen LogP contribution in [0.4, 0.5) is 0 Å². The molecule has 0 fully saturated rings. The fourth-order valence-electron chi connectivity index (χ4n) is 0.680. The van der Waals surface area contributed by atoms with Crippen molar-refractivity contribution >= 4 is 0 Å². The molecule has 0 aromatic heterocycles. The van der Waals surface area contributed by atoms with Crippen LogP contribution < -0.4 is 0 Å². The zero-order valence-electron chi connectivity index (χ0n) is 9.27. The Kier molecular flexibility index (Phi) is 31.7. The topological polar surface area (TPSA) is 40.5 Å². The molecule has 2 nitrogen and oxygen atoms in total. The molecule has 2 aliphatic carbocycles. The molecule has 0 unspecified atom stereocenters. The van der Waals surface area contributed by atoms with Crippen LogP contribution in [-0.4, -0.2) is 24.4 Å². The van der Waals surface area contributed by atoms with Crippen LogP contribution in [0.25, 0.3) is 0 Å². The molecule has 0 aliphatic heterocycles. The van der Waals surface area contributed by atoms with Gasteiger partial charge < -0.3 is 10.2 Å². The molecular formula is C12H18O2Zr. The average molecular weight is 285 g/mol. The van der Waals surface area contributed by atoms with E-state index in [0.29, 0.717) is 0 Å². The minimum Gasteiger partial charge on any atom is -0.400 e. The summed E-state index contributed by atoms with van der Waals surface area (Å²) in [5.74, 6) is 0. The van der Waals surface area contributed by atoms with Crippen molar-refractivity contribution in [2.75, 3.05) is 14.2 Å². The molecule has 2 N–H and O–H groups in total. The van der Waals surface area contributed by atoms with Crippen LogP contribution in [0.3, 0.4) is 0 Å². The zero-order chi connectivity index (χ0) is 11.1. The number of rotatable bonds is 0. The number of allylic oxidation sites excluding steroid dienone is 8. The van der Waals surface area contributed by atoms with Crippen LogP contribution in [0.5, 0.6) is 0 Å². The Bertz CT molecular complexity index is 152. The van der Waals surface area contributed by atoms with Crippen molar-refractivity contribution in [3.63, 3.8) is 0 Å². The predicted octanol–water partition coefficient (Wildman–Crippen LogP) is 1.83. The van der Waals surface area contributed by atoms with Crippen LogP contribution in [0.2, 0.25) is 0 Å². The van der Waals surface area contributed by atoms with Crippen molar-refractivity contribution in [1.29, 1.82) is 0 Å².